The summed E-state index contributed by atoms with van der Waals surface area (Å²) in [5, 5.41) is 0. The lowest BCUT2D eigenvalue weighted by atomic mass is 9.84. The van der Waals surface area contributed by atoms with E-state index in [1.165, 1.54) is 109 Å². The predicted octanol–water partition coefficient (Wildman–Crippen LogP) is 18.9. The monoisotopic (exact) mass is 890 g/mol. The van der Waals surface area contributed by atoms with Gasteiger partial charge < -0.3 is 14.7 Å². The Balaban J connectivity index is -0.000000211. The lowest BCUT2D eigenvalue weighted by Gasteiger charge is -2.29. The summed E-state index contributed by atoms with van der Waals surface area (Å²) in [6, 6.07) is 10.6. The minimum absolute atomic E-state index is 0.404. The maximum absolute atomic E-state index is 2.62. The minimum Gasteiger partial charge on any atom is -0.309 e. The van der Waals surface area contributed by atoms with Crippen LogP contribution >= 0.6 is 0 Å². The number of nitrogens with zero attached hydrogens (tertiary/aromatic N) is 3. The standard InChI is InChI=1S/C11H23N.C11H16.C10H23N.C8H19N.2C7H16.C6H14/c1-11(2,3)7-10-12-8-5-4-6-9-12;1-11(2,3)9-10-7-5-4-6-8-10;1-6-11(7-2)9-8-10(3,4)5;1-8(2,3)6-7-9(4)5;1-6(2)7(3,4)5;1-5-6-7(2,3)4;1-5-6(2,3)4/h4-10H2,1-3H3;4-8H,9H2,1-3H3;6-9H2,1-5H3;6-7H2,1-5H3;6H,1-5H3;5-6H2,1-4H3;5H2,1-4H3. The summed E-state index contributed by atoms with van der Waals surface area (Å²) in [5.74, 6) is 0.799. The van der Waals surface area contributed by atoms with Crippen LogP contribution in [0.25, 0.3) is 0 Å². The van der Waals surface area contributed by atoms with E-state index in [1.807, 2.05) is 0 Å². The van der Waals surface area contributed by atoms with Gasteiger partial charge in [-0.25, -0.2) is 0 Å². The average Bonchev–Trinajstić information content (AvgIpc) is 3.10. The molecular weight excluding hydrogens is 763 g/mol. The fourth-order valence-corrected chi connectivity index (χ4v) is 5.23. The highest BCUT2D eigenvalue weighted by Gasteiger charge is 2.16. The molecule has 1 heterocycles. The van der Waals surface area contributed by atoms with Crippen LogP contribution in [0.1, 0.15) is 250 Å². The van der Waals surface area contributed by atoms with Crippen molar-refractivity contribution in [2.75, 3.05) is 59.9 Å². The van der Waals surface area contributed by atoms with Crippen molar-refractivity contribution in [1.82, 2.24) is 14.7 Å². The molecule has 1 fully saturated rings. The van der Waals surface area contributed by atoms with Gasteiger partial charge in [0.05, 0.1) is 0 Å². The molecule has 1 aromatic carbocycles. The Morgan fingerprint density at radius 3 is 1.10 bits per heavy atom. The van der Waals surface area contributed by atoms with E-state index in [0.717, 1.165) is 12.3 Å². The van der Waals surface area contributed by atoms with E-state index in [4.69, 9.17) is 0 Å². The first-order valence-electron chi connectivity index (χ1n) is 26.3. The number of hydrogen-bond acceptors (Lipinski definition) is 3. The minimum atomic E-state index is 0.404. The van der Waals surface area contributed by atoms with Gasteiger partial charge in [0.25, 0.3) is 0 Å². The second-order valence-electron chi connectivity index (χ2n) is 27.6. The number of rotatable bonds is 10. The van der Waals surface area contributed by atoms with Crippen molar-refractivity contribution in [2.24, 2.45) is 43.8 Å². The Hall–Kier alpha value is -0.900. The molecule has 0 aromatic heterocycles. The molecule has 0 N–H and O–H groups in total. The number of piperidine rings is 1. The van der Waals surface area contributed by atoms with Crippen LogP contribution < -0.4 is 0 Å². The Bertz CT molecular complexity index is 1070. The fourth-order valence-electron chi connectivity index (χ4n) is 5.23. The van der Waals surface area contributed by atoms with E-state index in [2.05, 4.69) is 246 Å². The van der Waals surface area contributed by atoms with Crippen LogP contribution in [0.4, 0.5) is 0 Å². The zero-order valence-electron chi connectivity index (χ0n) is 49.8. The fraction of sp³-hybridized carbons (Fsp3) is 0.900. The molecule has 0 bridgehead atoms. The Kier molecular flexibility index (Phi) is 40.8. The van der Waals surface area contributed by atoms with Gasteiger partial charge in [-0.1, -0.05) is 237 Å². The van der Waals surface area contributed by atoms with Crippen molar-refractivity contribution >= 4 is 0 Å². The summed E-state index contributed by atoms with van der Waals surface area (Å²) < 4.78 is 0. The molecule has 1 aliphatic rings. The van der Waals surface area contributed by atoms with E-state index < -0.39 is 0 Å². The van der Waals surface area contributed by atoms with Gasteiger partial charge in [-0.15, -0.1) is 0 Å². The van der Waals surface area contributed by atoms with E-state index in [1.54, 1.807) is 0 Å². The molecule has 63 heavy (non-hydrogen) atoms. The van der Waals surface area contributed by atoms with Gasteiger partial charge in [0.2, 0.25) is 0 Å². The Morgan fingerprint density at radius 2 is 0.857 bits per heavy atom. The molecular formula is C60H127N3. The highest BCUT2D eigenvalue weighted by Crippen LogP contribution is 2.24. The van der Waals surface area contributed by atoms with Crippen LogP contribution in [0.5, 0.6) is 0 Å². The Labute approximate surface area is 403 Å². The second kappa shape index (κ2) is 36.2. The number of hydrogen-bond donors (Lipinski definition) is 0. The zero-order valence-corrected chi connectivity index (χ0v) is 49.8. The summed E-state index contributed by atoms with van der Waals surface area (Å²) >= 11 is 0. The number of likely N-dealkylation sites (tertiary alicyclic amines) is 1. The maximum atomic E-state index is 2.62. The van der Waals surface area contributed by atoms with Crippen LogP contribution in [0, 0.1) is 43.8 Å². The van der Waals surface area contributed by atoms with Gasteiger partial charge in [-0.3, -0.25) is 0 Å². The molecule has 0 unspecified atom stereocenters. The largest absolute Gasteiger partial charge is 0.309 e. The van der Waals surface area contributed by atoms with Gasteiger partial charge in [-0.05, 0) is 154 Å². The quantitative estimate of drug-likeness (QED) is 0.232. The smallest absolute Gasteiger partial charge is 0.00138 e. The summed E-state index contributed by atoms with van der Waals surface area (Å²) in [7, 11) is 4.23. The molecule has 0 spiro atoms. The number of benzene rings is 1. The first-order valence-corrected chi connectivity index (χ1v) is 26.3. The lowest BCUT2D eigenvalue weighted by Crippen LogP contribution is -2.32. The molecule has 0 amide bonds. The zero-order chi connectivity index (χ0) is 50.9. The topological polar surface area (TPSA) is 9.72 Å². The molecule has 3 nitrogen and oxygen atoms in total. The van der Waals surface area contributed by atoms with Crippen molar-refractivity contribution in [1.29, 1.82) is 0 Å². The van der Waals surface area contributed by atoms with Gasteiger partial charge in [0.1, 0.15) is 0 Å². The van der Waals surface area contributed by atoms with Gasteiger partial charge in [-0.2, -0.15) is 0 Å². The highest BCUT2D eigenvalue weighted by atomic mass is 15.1. The molecule has 0 atom stereocenters. The van der Waals surface area contributed by atoms with Crippen molar-refractivity contribution in [3.8, 4) is 0 Å². The average molecular weight is 891 g/mol. The van der Waals surface area contributed by atoms with Gasteiger partial charge in [0.15, 0.2) is 0 Å². The van der Waals surface area contributed by atoms with Crippen LogP contribution in [-0.2, 0) is 6.42 Å². The first-order chi connectivity index (χ1) is 28.1. The summed E-state index contributed by atoms with van der Waals surface area (Å²) in [6.45, 7) is 70.1. The summed E-state index contributed by atoms with van der Waals surface area (Å²) in [6.07, 6.45) is 13.3. The van der Waals surface area contributed by atoms with Gasteiger partial charge in [0, 0.05) is 0 Å². The third-order valence-corrected chi connectivity index (χ3v) is 11.4. The molecule has 1 saturated heterocycles. The molecule has 1 aliphatic heterocycles. The maximum Gasteiger partial charge on any atom is -0.00138 e. The molecule has 1 aromatic rings. The van der Waals surface area contributed by atoms with Gasteiger partial charge >= 0.3 is 0 Å². The lowest BCUT2D eigenvalue weighted by molar-refractivity contribution is 0.196. The van der Waals surface area contributed by atoms with E-state index in [9.17, 15) is 0 Å². The predicted molar refractivity (Wildman–Crippen MR) is 297 cm³/mol. The van der Waals surface area contributed by atoms with Crippen molar-refractivity contribution < 1.29 is 0 Å². The second-order valence-corrected chi connectivity index (χ2v) is 27.6. The third kappa shape index (κ3) is 70.3. The van der Waals surface area contributed by atoms with Crippen molar-refractivity contribution in [2.45, 2.75) is 251 Å². The van der Waals surface area contributed by atoms with Crippen LogP contribution in [0.15, 0.2) is 30.3 Å². The van der Waals surface area contributed by atoms with Crippen LogP contribution in [0.3, 0.4) is 0 Å². The van der Waals surface area contributed by atoms with Crippen molar-refractivity contribution in [3.63, 3.8) is 0 Å². The molecule has 0 aliphatic carbocycles. The van der Waals surface area contributed by atoms with Crippen molar-refractivity contribution in [3.05, 3.63) is 35.9 Å². The van der Waals surface area contributed by atoms with E-state index in [-0.39, 0.29) is 0 Å². The highest BCUT2D eigenvalue weighted by molar-refractivity contribution is 5.15. The normalized spacial score (nSPS) is 14.0. The summed E-state index contributed by atoms with van der Waals surface area (Å²) in [4.78, 5) is 7.32. The summed E-state index contributed by atoms with van der Waals surface area (Å²) in [5.41, 5.74) is 4.92. The first kappa shape index (κ1) is 71.1. The van der Waals surface area contributed by atoms with E-state index >= 15 is 0 Å². The molecule has 3 heteroatoms. The van der Waals surface area contributed by atoms with E-state index in [0.29, 0.717) is 37.9 Å². The molecule has 0 saturated carbocycles. The SMILES string of the molecule is CC(C)(C)CCN1CCCCC1.CC(C)(C)Cc1ccccc1.CC(C)C(C)(C)C.CCC(C)(C)C.CCCC(C)(C)C.CCN(CC)CCC(C)(C)C.CN(C)CCC(C)(C)C. The molecule has 382 valence electrons. The Morgan fingerprint density at radius 1 is 0.492 bits per heavy atom. The molecule has 2 rings (SSSR count). The molecule has 0 radical (unpaired) electrons. The van der Waals surface area contributed by atoms with Crippen LogP contribution in [-0.4, -0.2) is 74.6 Å². The third-order valence-electron chi connectivity index (χ3n) is 11.4. The van der Waals surface area contributed by atoms with Crippen LogP contribution in [0.2, 0.25) is 0 Å².